The minimum Gasteiger partial charge on any atom is -0.437 e. The highest BCUT2D eigenvalue weighted by molar-refractivity contribution is 5.48. The molecule has 2 N–H and O–H groups in total. The van der Waals surface area contributed by atoms with E-state index in [4.69, 9.17) is 10.5 Å². The number of rotatable bonds is 2. The maximum absolute atomic E-state index is 5.75. The van der Waals surface area contributed by atoms with Crippen LogP contribution in [0.4, 0.5) is 5.69 Å². The summed E-state index contributed by atoms with van der Waals surface area (Å²) < 4.78 is 5.75. The fourth-order valence-electron chi connectivity index (χ4n) is 1.50. The van der Waals surface area contributed by atoms with Crippen molar-refractivity contribution >= 4 is 5.69 Å². The molecule has 4 nitrogen and oxygen atoms in total. The van der Waals surface area contributed by atoms with Crippen molar-refractivity contribution < 1.29 is 4.74 Å². The van der Waals surface area contributed by atoms with E-state index in [0.29, 0.717) is 5.88 Å². The fraction of sp³-hybridized carbons (Fsp3) is 0.231. The third-order valence-corrected chi connectivity index (χ3v) is 2.44. The Morgan fingerprint density at radius 3 is 2.65 bits per heavy atom. The number of hydrogen-bond donors (Lipinski definition) is 1. The zero-order valence-corrected chi connectivity index (χ0v) is 10.2. The van der Waals surface area contributed by atoms with Crippen LogP contribution in [-0.2, 0) is 0 Å². The van der Waals surface area contributed by atoms with E-state index in [1.54, 1.807) is 12.3 Å². The topological polar surface area (TPSA) is 61.0 Å². The Labute approximate surface area is 100 Å². The van der Waals surface area contributed by atoms with Crippen molar-refractivity contribution in [2.75, 3.05) is 5.73 Å². The first-order chi connectivity index (χ1) is 8.06. The molecule has 1 aromatic carbocycles. The van der Waals surface area contributed by atoms with Crippen LogP contribution in [0.25, 0.3) is 0 Å². The lowest BCUT2D eigenvalue weighted by molar-refractivity contribution is 0.450. The number of hydrogen-bond acceptors (Lipinski definition) is 4. The highest BCUT2D eigenvalue weighted by atomic mass is 16.5. The SMILES string of the molecule is Cc1cnc(C)c(Oc2ccc(N)cc2C)n1. The van der Waals surface area contributed by atoms with Gasteiger partial charge in [0.2, 0.25) is 5.88 Å². The fourth-order valence-corrected chi connectivity index (χ4v) is 1.50. The minimum absolute atomic E-state index is 0.540. The molecule has 1 heterocycles. The maximum Gasteiger partial charge on any atom is 0.241 e. The lowest BCUT2D eigenvalue weighted by Gasteiger charge is -2.10. The van der Waals surface area contributed by atoms with E-state index in [1.165, 1.54) is 0 Å². The van der Waals surface area contributed by atoms with Gasteiger partial charge in [-0.05, 0) is 44.5 Å². The summed E-state index contributed by atoms with van der Waals surface area (Å²) in [6, 6.07) is 5.52. The van der Waals surface area contributed by atoms with E-state index in [-0.39, 0.29) is 0 Å². The summed E-state index contributed by atoms with van der Waals surface area (Å²) in [5.41, 5.74) is 9.00. The molecule has 0 radical (unpaired) electrons. The number of aromatic nitrogens is 2. The monoisotopic (exact) mass is 229 g/mol. The van der Waals surface area contributed by atoms with Crippen LogP contribution in [0.3, 0.4) is 0 Å². The van der Waals surface area contributed by atoms with Gasteiger partial charge in [0.25, 0.3) is 0 Å². The molecule has 0 amide bonds. The van der Waals surface area contributed by atoms with Crippen molar-refractivity contribution in [3.8, 4) is 11.6 Å². The van der Waals surface area contributed by atoms with E-state index in [2.05, 4.69) is 9.97 Å². The molecule has 0 saturated heterocycles. The highest BCUT2D eigenvalue weighted by Gasteiger charge is 2.07. The number of anilines is 1. The summed E-state index contributed by atoms with van der Waals surface area (Å²) in [6.45, 7) is 5.70. The lowest BCUT2D eigenvalue weighted by Crippen LogP contribution is -1.97. The van der Waals surface area contributed by atoms with Crippen molar-refractivity contribution in [1.29, 1.82) is 0 Å². The van der Waals surface area contributed by atoms with Crippen LogP contribution < -0.4 is 10.5 Å². The highest BCUT2D eigenvalue weighted by Crippen LogP contribution is 2.26. The standard InChI is InChI=1S/C13H15N3O/c1-8-6-11(14)4-5-12(8)17-13-10(3)15-7-9(2)16-13/h4-7H,14H2,1-3H3. The molecular formula is C13H15N3O. The van der Waals surface area contributed by atoms with Crippen molar-refractivity contribution in [3.63, 3.8) is 0 Å². The summed E-state index contributed by atoms with van der Waals surface area (Å²) in [5.74, 6) is 1.29. The Hall–Kier alpha value is -2.10. The first kappa shape index (κ1) is 11.4. The molecule has 2 aromatic rings. The molecule has 0 unspecified atom stereocenters. The molecule has 0 spiro atoms. The predicted octanol–water partition coefficient (Wildman–Crippen LogP) is 2.78. The van der Waals surface area contributed by atoms with Gasteiger partial charge in [0.05, 0.1) is 11.4 Å². The predicted molar refractivity (Wildman–Crippen MR) is 67.2 cm³/mol. The Kier molecular flexibility index (Phi) is 2.95. The second-order valence-corrected chi connectivity index (χ2v) is 4.03. The molecule has 0 aliphatic heterocycles. The number of nitrogens with two attached hydrogens (primary N) is 1. The number of nitrogens with zero attached hydrogens (tertiary/aromatic N) is 2. The minimum atomic E-state index is 0.540. The molecule has 0 bridgehead atoms. The van der Waals surface area contributed by atoms with E-state index in [0.717, 1.165) is 28.4 Å². The van der Waals surface area contributed by atoms with Gasteiger partial charge in [-0.15, -0.1) is 0 Å². The van der Waals surface area contributed by atoms with E-state index in [1.807, 2.05) is 32.9 Å². The normalized spacial score (nSPS) is 10.3. The number of nitrogen functional groups attached to an aromatic ring is 1. The van der Waals surface area contributed by atoms with Crippen LogP contribution in [0.1, 0.15) is 17.0 Å². The lowest BCUT2D eigenvalue weighted by atomic mass is 10.2. The Morgan fingerprint density at radius 2 is 1.94 bits per heavy atom. The summed E-state index contributed by atoms with van der Waals surface area (Å²) in [5, 5.41) is 0. The molecule has 0 atom stereocenters. The van der Waals surface area contributed by atoms with E-state index < -0.39 is 0 Å². The summed E-state index contributed by atoms with van der Waals surface area (Å²) in [4.78, 5) is 8.53. The molecular weight excluding hydrogens is 214 g/mol. The van der Waals surface area contributed by atoms with Crippen LogP contribution in [0.15, 0.2) is 24.4 Å². The van der Waals surface area contributed by atoms with Crippen LogP contribution in [0, 0.1) is 20.8 Å². The van der Waals surface area contributed by atoms with Gasteiger partial charge in [-0.1, -0.05) is 0 Å². The van der Waals surface area contributed by atoms with Gasteiger partial charge in [0.15, 0.2) is 0 Å². The zero-order valence-electron chi connectivity index (χ0n) is 10.2. The molecule has 1 aromatic heterocycles. The average Bonchev–Trinajstić information content (AvgIpc) is 2.27. The number of benzene rings is 1. The van der Waals surface area contributed by atoms with Gasteiger partial charge in [-0.3, -0.25) is 4.98 Å². The quantitative estimate of drug-likeness (QED) is 0.804. The number of ether oxygens (including phenoxy) is 1. The third kappa shape index (κ3) is 2.53. The van der Waals surface area contributed by atoms with Gasteiger partial charge in [0, 0.05) is 11.9 Å². The molecule has 4 heteroatoms. The molecule has 0 aliphatic carbocycles. The molecule has 0 saturated carbocycles. The molecule has 17 heavy (non-hydrogen) atoms. The van der Waals surface area contributed by atoms with Crippen LogP contribution >= 0.6 is 0 Å². The van der Waals surface area contributed by atoms with Gasteiger partial charge < -0.3 is 10.5 Å². The van der Waals surface area contributed by atoms with Crippen molar-refractivity contribution in [3.05, 3.63) is 41.3 Å². The summed E-state index contributed by atoms with van der Waals surface area (Å²) >= 11 is 0. The summed E-state index contributed by atoms with van der Waals surface area (Å²) in [7, 11) is 0. The first-order valence-electron chi connectivity index (χ1n) is 5.40. The number of aryl methyl sites for hydroxylation is 3. The van der Waals surface area contributed by atoms with Crippen molar-refractivity contribution in [1.82, 2.24) is 9.97 Å². The van der Waals surface area contributed by atoms with Crippen LogP contribution in [0.2, 0.25) is 0 Å². The van der Waals surface area contributed by atoms with E-state index >= 15 is 0 Å². The van der Waals surface area contributed by atoms with E-state index in [9.17, 15) is 0 Å². The molecule has 0 aliphatic rings. The first-order valence-corrected chi connectivity index (χ1v) is 5.40. The molecule has 88 valence electrons. The largest absolute Gasteiger partial charge is 0.437 e. The van der Waals surface area contributed by atoms with Crippen molar-refractivity contribution in [2.24, 2.45) is 0 Å². The molecule has 0 fully saturated rings. The third-order valence-electron chi connectivity index (χ3n) is 2.44. The van der Waals surface area contributed by atoms with Gasteiger partial charge in [-0.25, -0.2) is 4.98 Å². The van der Waals surface area contributed by atoms with Gasteiger partial charge in [0.1, 0.15) is 5.75 Å². The maximum atomic E-state index is 5.75. The second kappa shape index (κ2) is 4.41. The molecule has 2 rings (SSSR count). The zero-order chi connectivity index (χ0) is 12.4. The van der Waals surface area contributed by atoms with Gasteiger partial charge in [-0.2, -0.15) is 0 Å². The van der Waals surface area contributed by atoms with Crippen LogP contribution in [-0.4, -0.2) is 9.97 Å². The Bertz CT molecular complexity index is 552. The Balaban J connectivity index is 2.34. The van der Waals surface area contributed by atoms with Gasteiger partial charge >= 0.3 is 0 Å². The van der Waals surface area contributed by atoms with Crippen molar-refractivity contribution in [2.45, 2.75) is 20.8 Å². The summed E-state index contributed by atoms with van der Waals surface area (Å²) in [6.07, 6.45) is 1.72. The smallest absolute Gasteiger partial charge is 0.241 e. The van der Waals surface area contributed by atoms with Crippen LogP contribution in [0.5, 0.6) is 11.6 Å². The Morgan fingerprint density at radius 1 is 1.18 bits per heavy atom. The second-order valence-electron chi connectivity index (χ2n) is 4.03. The average molecular weight is 229 g/mol.